The average molecular weight is 416 g/mol. The second-order valence-electron chi connectivity index (χ2n) is 6.92. The van der Waals surface area contributed by atoms with E-state index in [9.17, 15) is 18.0 Å². The predicted molar refractivity (Wildman–Crippen MR) is 103 cm³/mol. The van der Waals surface area contributed by atoms with Gasteiger partial charge in [0.05, 0.1) is 11.3 Å². The van der Waals surface area contributed by atoms with E-state index < -0.39 is 11.7 Å². The standard InChI is InChI=1S/C20H19F3N6O/c21-20(22,23)16-4-7-18(25-12-16)27-8-1-9-28(11-10-27)19(30)15-2-5-17(6-3-15)29-14-24-13-26-29/h2-7,12-14H,1,8-11H2. The summed E-state index contributed by atoms with van der Waals surface area (Å²) < 4.78 is 39.8. The monoisotopic (exact) mass is 416 g/mol. The highest BCUT2D eigenvalue weighted by Crippen LogP contribution is 2.29. The van der Waals surface area contributed by atoms with Crippen molar-refractivity contribution >= 4 is 11.7 Å². The highest BCUT2D eigenvalue weighted by Gasteiger charge is 2.31. The molecule has 1 aromatic carbocycles. The Balaban J connectivity index is 1.40. The van der Waals surface area contributed by atoms with Gasteiger partial charge >= 0.3 is 6.18 Å². The molecule has 30 heavy (non-hydrogen) atoms. The van der Waals surface area contributed by atoms with Crippen molar-refractivity contribution in [2.75, 3.05) is 31.1 Å². The zero-order chi connectivity index (χ0) is 21.1. The minimum absolute atomic E-state index is 0.0811. The minimum atomic E-state index is -4.41. The van der Waals surface area contributed by atoms with Crippen LogP contribution in [0, 0.1) is 0 Å². The molecule has 0 bridgehead atoms. The molecule has 0 unspecified atom stereocenters. The van der Waals surface area contributed by atoms with Crippen molar-refractivity contribution in [3.8, 4) is 5.69 Å². The molecule has 3 heterocycles. The first-order chi connectivity index (χ1) is 14.4. The first-order valence-electron chi connectivity index (χ1n) is 9.44. The number of rotatable bonds is 3. The lowest BCUT2D eigenvalue weighted by Crippen LogP contribution is -2.35. The molecule has 3 aromatic rings. The smallest absolute Gasteiger partial charge is 0.355 e. The van der Waals surface area contributed by atoms with Gasteiger partial charge in [0.2, 0.25) is 0 Å². The van der Waals surface area contributed by atoms with E-state index in [2.05, 4.69) is 15.1 Å². The molecule has 1 fully saturated rings. The quantitative estimate of drug-likeness (QED) is 0.657. The van der Waals surface area contributed by atoms with Crippen molar-refractivity contribution in [3.05, 3.63) is 66.4 Å². The number of carbonyl (C=O) groups excluding carboxylic acids is 1. The van der Waals surface area contributed by atoms with Gasteiger partial charge in [0, 0.05) is 37.9 Å². The lowest BCUT2D eigenvalue weighted by Gasteiger charge is -2.23. The molecule has 156 valence electrons. The van der Waals surface area contributed by atoms with Crippen molar-refractivity contribution < 1.29 is 18.0 Å². The number of pyridine rings is 1. The summed E-state index contributed by atoms with van der Waals surface area (Å²) in [5, 5.41) is 4.06. The maximum Gasteiger partial charge on any atom is 0.417 e. The van der Waals surface area contributed by atoms with Crippen molar-refractivity contribution in [1.29, 1.82) is 0 Å². The highest BCUT2D eigenvalue weighted by molar-refractivity contribution is 5.94. The van der Waals surface area contributed by atoms with Crippen molar-refractivity contribution in [3.63, 3.8) is 0 Å². The SMILES string of the molecule is O=C(c1ccc(-n2cncn2)cc1)N1CCCN(c2ccc(C(F)(F)F)cn2)CC1. The van der Waals surface area contributed by atoms with Crippen molar-refractivity contribution in [2.24, 2.45) is 0 Å². The third kappa shape index (κ3) is 4.27. The van der Waals surface area contributed by atoms with Crippen LogP contribution >= 0.6 is 0 Å². The molecule has 2 aromatic heterocycles. The van der Waals surface area contributed by atoms with Crippen LogP contribution in [0.4, 0.5) is 19.0 Å². The predicted octanol–water partition coefficient (Wildman–Crippen LogP) is 3.03. The van der Waals surface area contributed by atoms with Gasteiger partial charge < -0.3 is 9.80 Å². The summed E-state index contributed by atoms with van der Waals surface area (Å²) in [4.78, 5) is 24.4. The molecule has 0 spiro atoms. The summed E-state index contributed by atoms with van der Waals surface area (Å²) >= 11 is 0. The van der Waals surface area contributed by atoms with Gasteiger partial charge in [-0.3, -0.25) is 4.79 Å². The Labute approximate surface area is 170 Å². The Hall–Kier alpha value is -3.43. The second kappa shape index (κ2) is 8.13. The molecular formula is C20H19F3N6O. The number of anilines is 1. The lowest BCUT2D eigenvalue weighted by atomic mass is 10.1. The van der Waals surface area contributed by atoms with E-state index in [1.165, 1.54) is 12.4 Å². The van der Waals surface area contributed by atoms with E-state index >= 15 is 0 Å². The molecule has 1 amide bonds. The fraction of sp³-hybridized carbons (Fsp3) is 0.300. The number of halogens is 3. The number of amides is 1. The van der Waals surface area contributed by atoms with Gasteiger partial charge in [0.25, 0.3) is 5.91 Å². The van der Waals surface area contributed by atoms with Crippen LogP contribution in [0.1, 0.15) is 22.3 Å². The highest BCUT2D eigenvalue weighted by atomic mass is 19.4. The summed E-state index contributed by atoms with van der Waals surface area (Å²) in [5.41, 5.74) is 0.603. The van der Waals surface area contributed by atoms with E-state index in [4.69, 9.17) is 0 Å². The van der Waals surface area contributed by atoms with Gasteiger partial charge in [0.15, 0.2) is 0 Å². The van der Waals surface area contributed by atoms with Crippen LogP contribution < -0.4 is 4.90 Å². The molecule has 7 nitrogen and oxygen atoms in total. The normalized spacial score (nSPS) is 15.2. The van der Waals surface area contributed by atoms with Gasteiger partial charge in [-0.05, 0) is 42.8 Å². The average Bonchev–Trinajstić information content (AvgIpc) is 3.17. The number of benzene rings is 1. The third-order valence-corrected chi connectivity index (χ3v) is 4.98. The molecule has 0 radical (unpaired) electrons. The Morgan fingerprint density at radius 3 is 2.40 bits per heavy atom. The summed E-state index contributed by atoms with van der Waals surface area (Å²) in [6.07, 6.45) is 0.158. The first-order valence-corrected chi connectivity index (χ1v) is 9.44. The van der Waals surface area contributed by atoms with Crippen LogP contribution in [-0.2, 0) is 6.18 Å². The third-order valence-electron chi connectivity index (χ3n) is 4.98. The maximum absolute atomic E-state index is 12.9. The molecule has 1 aliphatic rings. The van der Waals surface area contributed by atoms with Crippen molar-refractivity contribution in [2.45, 2.75) is 12.6 Å². The summed E-state index contributed by atoms with van der Waals surface area (Å²) in [6, 6.07) is 9.52. The molecule has 0 saturated carbocycles. The number of nitrogens with zero attached hydrogens (tertiary/aromatic N) is 6. The molecule has 10 heteroatoms. The van der Waals surface area contributed by atoms with Crippen LogP contribution in [0.5, 0.6) is 0 Å². The van der Waals surface area contributed by atoms with Crippen LogP contribution in [0.3, 0.4) is 0 Å². The fourth-order valence-corrected chi connectivity index (χ4v) is 3.37. The molecule has 0 atom stereocenters. The van der Waals surface area contributed by atoms with Gasteiger partial charge in [0.1, 0.15) is 18.5 Å². The Bertz CT molecular complexity index is 987. The van der Waals surface area contributed by atoms with Gasteiger partial charge in [-0.2, -0.15) is 18.3 Å². The first kappa shape index (κ1) is 19.9. The number of aromatic nitrogens is 4. The number of alkyl halides is 3. The molecule has 0 N–H and O–H groups in total. The number of hydrogen-bond donors (Lipinski definition) is 0. The largest absolute Gasteiger partial charge is 0.417 e. The lowest BCUT2D eigenvalue weighted by molar-refractivity contribution is -0.137. The molecule has 4 rings (SSSR count). The fourth-order valence-electron chi connectivity index (χ4n) is 3.37. The zero-order valence-corrected chi connectivity index (χ0v) is 16.0. The zero-order valence-electron chi connectivity index (χ0n) is 16.0. The summed E-state index contributed by atoms with van der Waals surface area (Å²) in [6.45, 7) is 2.15. The second-order valence-corrected chi connectivity index (χ2v) is 6.92. The maximum atomic E-state index is 12.9. The van der Waals surface area contributed by atoms with Crippen LogP contribution in [0.15, 0.2) is 55.2 Å². The molecule has 1 saturated heterocycles. The van der Waals surface area contributed by atoms with E-state index in [0.717, 1.165) is 18.0 Å². The van der Waals surface area contributed by atoms with Gasteiger partial charge in [-0.1, -0.05) is 0 Å². The van der Waals surface area contributed by atoms with Crippen LogP contribution in [-0.4, -0.2) is 56.7 Å². The Morgan fingerprint density at radius 1 is 0.967 bits per heavy atom. The van der Waals surface area contributed by atoms with E-state index in [1.807, 2.05) is 4.90 Å². The topological polar surface area (TPSA) is 67.2 Å². The Morgan fingerprint density at radius 2 is 1.77 bits per heavy atom. The van der Waals surface area contributed by atoms with Gasteiger partial charge in [-0.15, -0.1) is 0 Å². The molecular weight excluding hydrogens is 397 g/mol. The van der Waals surface area contributed by atoms with Crippen molar-refractivity contribution in [1.82, 2.24) is 24.6 Å². The minimum Gasteiger partial charge on any atom is -0.355 e. The van der Waals surface area contributed by atoms with Crippen LogP contribution in [0.2, 0.25) is 0 Å². The van der Waals surface area contributed by atoms with Crippen LogP contribution in [0.25, 0.3) is 5.69 Å². The molecule has 0 aliphatic carbocycles. The molecule has 1 aliphatic heterocycles. The number of hydrogen-bond acceptors (Lipinski definition) is 5. The summed E-state index contributed by atoms with van der Waals surface area (Å²) in [7, 11) is 0. The van der Waals surface area contributed by atoms with E-state index in [0.29, 0.717) is 44.0 Å². The van der Waals surface area contributed by atoms with E-state index in [1.54, 1.807) is 40.2 Å². The van der Waals surface area contributed by atoms with Gasteiger partial charge in [-0.25, -0.2) is 14.6 Å². The summed E-state index contributed by atoms with van der Waals surface area (Å²) in [5.74, 6) is 0.400. The number of carbonyl (C=O) groups is 1. The Kier molecular flexibility index (Phi) is 5.39. The van der Waals surface area contributed by atoms with E-state index in [-0.39, 0.29) is 5.91 Å².